The Balaban J connectivity index is 1.82. The summed E-state index contributed by atoms with van der Waals surface area (Å²) in [5, 5.41) is 0. The largest absolute Gasteiger partial charge is 0.468 e. The van der Waals surface area contributed by atoms with Gasteiger partial charge in [-0.2, -0.15) is 0 Å². The van der Waals surface area contributed by atoms with Crippen molar-refractivity contribution in [3.63, 3.8) is 0 Å². The molecular weight excluding hydrogens is 642 g/mol. The fourth-order valence-electron chi connectivity index (χ4n) is 8.83. The molecule has 282 valence electrons. The van der Waals surface area contributed by atoms with Crippen LogP contribution in [0.15, 0.2) is 48.8 Å². The fourth-order valence-corrected chi connectivity index (χ4v) is 8.83. The number of carbonyl (C=O) groups excluding carboxylic acids is 3. The van der Waals surface area contributed by atoms with Gasteiger partial charge in [0.25, 0.3) is 0 Å². The topological polar surface area (TPSA) is 105 Å². The number of nitrogens with zero attached hydrogens (tertiary/aromatic N) is 5. The number of unbranched alkanes of at least 4 members (excludes halogenated alkanes) is 9. The number of ketones is 1. The number of likely N-dealkylation sites (tertiary alicyclic amines) is 2. The van der Waals surface area contributed by atoms with E-state index in [9.17, 15) is 9.59 Å². The molecule has 4 atom stereocenters. The van der Waals surface area contributed by atoms with E-state index in [2.05, 4.69) is 49.3 Å². The molecule has 10 nitrogen and oxygen atoms in total. The number of carbonyl (C=O) groups is 3. The number of pyridine rings is 2. The van der Waals surface area contributed by atoms with E-state index in [0.29, 0.717) is 43.1 Å². The molecule has 4 heterocycles. The molecule has 2 bridgehead atoms. The Labute approximate surface area is 306 Å². The molecule has 0 spiro atoms. The van der Waals surface area contributed by atoms with Crippen LogP contribution in [-0.4, -0.2) is 101 Å². The quantitative estimate of drug-likeness (QED) is 0.0828. The van der Waals surface area contributed by atoms with Gasteiger partial charge < -0.3 is 9.47 Å². The van der Waals surface area contributed by atoms with Crippen molar-refractivity contribution in [1.29, 1.82) is 0 Å². The van der Waals surface area contributed by atoms with Crippen molar-refractivity contribution in [3.05, 3.63) is 60.2 Å². The number of aromatic nitrogens is 2. The third kappa shape index (κ3) is 8.71. The summed E-state index contributed by atoms with van der Waals surface area (Å²) in [6.07, 6.45) is 15.1. The van der Waals surface area contributed by atoms with E-state index in [4.69, 9.17) is 19.4 Å². The molecule has 2 saturated heterocycles. The summed E-state index contributed by atoms with van der Waals surface area (Å²) < 4.78 is 11.1. The Morgan fingerprint density at radius 3 is 1.59 bits per heavy atom. The second-order valence-corrected chi connectivity index (χ2v) is 15.1. The van der Waals surface area contributed by atoms with Gasteiger partial charge in [0.15, 0.2) is 16.6 Å². The Bertz CT molecular complexity index is 1300. The third-order valence-corrected chi connectivity index (χ3v) is 11.2. The Morgan fingerprint density at radius 1 is 0.745 bits per heavy atom. The summed E-state index contributed by atoms with van der Waals surface area (Å²) in [7, 11) is 2.66. The first-order valence-electron chi connectivity index (χ1n) is 19.4. The van der Waals surface area contributed by atoms with E-state index in [1.165, 1.54) is 59.2 Å². The molecule has 10 heteroatoms. The predicted octanol–water partition coefficient (Wildman–Crippen LogP) is 6.82. The molecule has 2 aromatic heterocycles. The molecule has 2 aliphatic heterocycles. The van der Waals surface area contributed by atoms with Crippen molar-refractivity contribution in [3.8, 4) is 0 Å². The maximum Gasteiger partial charge on any atom is 0.322 e. The van der Waals surface area contributed by atoms with Gasteiger partial charge in [0, 0.05) is 50.7 Å². The standard InChI is InChI=1S/C41H63N5O5/c1-8-9-10-11-12-13-14-15-16-21-26-46-35(33-22-17-19-24-42-33)40(38(48)50-6)29-44(27-28-45(31(2)3)32(4)5)30-41(37(40)47,39(49)51-7)36(46)34-23-18-20-25-43-34/h17-20,22-25,31-32,35-36H,8-16,21,26-30H2,1-7H3/t35-,36+,40-,41+. The molecule has 2 fully saturated rings. The number of fused-ring (bicyclic) bond motifs is 2. The van der Waals surface area contributed by atoms with Crippen LogP contribution in [0.25, 0.3) is 0 Å². The summed E-state index contributed by atoms with van der Waals surface area (Å²) in [5.41, 5.74) is -2.29. The highest BCUT2D eigenvalue weighted by Gasteiger charge is 2.75. The minimum absolute atomic E-state index is 0.103. The summed E-state index contributed by atoms with van der Waals surface area (Å²) >= 11 is 0. The van der Waals surface area contributed by atoms with Crippen LogP contribution in [0, 0.1) is 10.8 Å². The van der Waals surface area contributed by atoms with Gasteiger partial charge in [0.05, 0.1) is 37.7 Å². The molecular formula is C41H63N5O5. The number of esters is 2. The molecule has 51 heavy (non-hydrogen) atoms. The van der Waals surface area contributed by atoms with Gasteiger partial charge in [-0.1, -0.05) is 76.8 Å². The second-order valence-electron chi connectivity index (χ2n) is 15.1. The van der Waals surface area contributed by atoms with E-state index < -0.39 is 40.6 Å². The minimum atomic E-state index is -1.74. The van der Waals surface area contributed by atoms with Gasteiger partial charge >= 0.3 is 11.9 Å². The third-order valence-electron chi connectivity index (χ3n) is 11.2. The van der Waals surface area contributed by atoms with E-state index >= 15 is 4.79 Å². The summed E-state index contributed by atoms with van der Waals surface area (Å²) in [4.78, 5) is 60.7. The van der Waals surface area contributed by atoms with Crippen LogP contribution < -0.4 is 0 Å². The van der Waals surface area contributed by atoms with Crippen LogP contribution in [0.1, 0.15) is 122 Å². The predicted molar refractivity (Wildman–Crippen MR) is 200 cm³/mol. The van der Waals surface area contributed by atoms with Crippen LogP contribution in [-0.2, 0) is 23.9 Å². The monoisotopic (exact) mass is 705 g/mol. The lowest BCUT2D eigenvalue weighted by molar-refractivity contribution is -0.206. The lowest BCUT2D eigenvalue weighted by atomic mass is 9.54. The number of Topliss-reactive ketones (excluding diaryl/α,β-unsaturated/α-hetero) is 1. The molecule has 0 aliphatic carbocycles. The minimum Gasteiger partial charge on any atom is -0.468 e. The Morgan fingerprint density at radius 2 is 1.20 bits per heavy atom. The molecule has 2 aliphatic rings. The molecule has 0 aromatic carbocycles. The zero-order valence-corrected chi connectivity index (χ0v) is 32.3. The highest BCUT2D eigenvalue weighted by Crippen LogP contribution is 2.60. The fraction of sp³-hybridized carbons (Fsp3) is 0.683. The second kappa shape index (κ2) is 19.0. The molecule has 2 aromatic rings. The van der Waals surface area contributed by atoms with Crippen molar-refractivity contribution < 1.29 is 23.9 Å². The molecule has 0 amide bonds. The van der Waals surface area contributed by atoms with Gasteiger partial charge in [-0.25, -0.2) is 0 Å². The lowest BCUT2D eigenvalue weighted by Crippen LogP contribution is -2.76. The molecule has 0 unspecified atom stereocenters. The molecule has 0 saturated carbocycles. The molecule has 0 radical (unpaired) electrons. The Hall–Kier alpha value is -3.21. The average Bonchev–Trinajstić information content (AvgIpc) is 3.13. The smallest absolute Gasteiger partial charge is 0.322 e. The number of methoxy groups -OCH3 is 2. The van der Waals surface area contributed by atoms with Crippen LogP contribution in [0.4, 0.5) is 0 Å². The van der Waals surface area contributed by atoms with Crippen molar-refractivity contribution in [2.45, 2.75) is 123 Å². The first-order chi connectivity index (χ1) is 24.6. The first-order valence-corrected chi connectivity index (χ1v) is 19.4. The van der Waals surface area contributed by atoms with E-state index in [-0.39, 0.29) is 13.1 Å². The van der Waals surface area contributed by atoms with Gasteiger partial charge in [-0.3, -0.25) is 39.1 Å². The lowest BCUT2D eigenvalue weighted by Gasteiger charge is -2.61. The average molecular weight is 706 g/mol. The van der Waals surface area contributed by atoms with Gasteiger partial charge in [0.2, 0.25) is 0 Å². The normalized spacial score (nSPS) is 24.0. The number of rotatable bonds is 20. The molecule has 0 N–H and O–H groups in total. The van der Waals surface area contributed by atoms with Crippen molar-refractivity contribution in [1.82, 2.24) is 24.7 Å². The highest BCUT2D eigenvalue weighted by molar-refractivity contribution is 6.17. The number of piperidine rings is 2. The van der Waals surface area contributed by atoms with Crippen molar-refractivity contribution in [2.24, 2.45) is 10.8 Å². The van der Waals surface area contributed by atoms with Crippen molar-refractivity contribution in [2.75, 3.05) is 46.9 Å². The van der Waals surface area contributed by atoms with Gasteiger partial charge in [-0.05, 0) is 64.9 Å². The highest BCUT2D eigenvalue weighted by atomic mass is 16.5. The summed E-state index contributed by atoms with van der Waals surface area (Å²) in [6.45, 7) is 12.9. The van der Waals surface area contributed by atoms with Crippen LogP contribution in [0.3, 0.4) is 0 Å². The zero-order valence-electron chi connectivity index (χ0n) is 32.3. The molecule has 4 rings (SSSR count). The van der Waals surface area contributed by atoms with Gasteiger partial charge in [-0.15, -0.1) is 0 Å². The van der Waals surface area contributed by atoms with E-state index in [0.717, 1.165) is 19.3 Å². The number of hydrogen-bond acceptors (Lipinski definition) is 10. The maximum atomic E-state index is 15.5. The summed E-state index contributed by atoms with van der Waals surface area (Å²) in [6, 6.07) is 10.2. The maximum absolute atomic E-state index is 15.5. The van der Waals surface area contributed by atoms with Crippen molar-refractivity contribution >= 4 is 17.7 Å². The van der Waals surface area contributed by atoms with E-state index in [1.807, 2.05) is 36.4 Å². The number of hydrogen-bond donors (Lipinski definition) is 0. The zero-order chi connectivity index (χ0) is 37.0. The van der Waals surface area contributed by atoms with Crippen LogP contribution >= 0.6 is 0 Å². The SMILES string of the molecule is CCCCCCCCCCCCN1[C@@H](c2ccccn2)[C@@]2(C(=O)OC)CN(CCN(C(C)C)C(C)C)C[C@](C(=O)OC)(C2=O)[C@H]1c1ccccn1. The van der Waals surface area contributed by atoms with E-state index in [1.54, 1.807) is 12.4 Å². The first kappa shape index (κ1) is 40.6. The van der Waals surface area contributed by atoms with Gasteiger partial charge in [0.1, 0.15) is 0 Å². The van der Waals surface area contributed by atoms with Crippen LogP contribution in [0.2, 0.25) is 0 Å². The summed E-state index contributed by atoms with van der Waals surface area (Å²) in [5.74, 6) is -1.78. The Kier molecular flexibility index (Phi) is 15.1. The van der Waals surface area contributed by atoms with Crippen LogP contribution in [0.5, 0.6) is 0 Å². The number of ether oxygens (including phenoxy) is 2.